The summed E-state index contributed by atoms with van der Waals surface area (Å²) in [6, 6.07) is 16.2. The number of para-hydroxylation sites is 1. The van der Waals surface area contributed by atoms with E-state index in [-0.39, 0.29) is 0 Å². The van der Waals surface area contributed by atoms with Gasteiger partial charge >= 0.3 is 0 Å². The largest absolute Gasteiger partial charge is 0.457 e. The smallest absolute Gasteiger partial charge is 0.141 e. The van der Waals surface area contributed by atoms with E-state index in [4.69, 9.17) is 15.8 Å². The van der Waals surface area contributed by atoms with Crippen molar-refractivity contribution in [3.05, 3.63) is 81.0 Å². The minimum atomic E-state index is -0.893. The van der Waals surface area contributed by atoms with E-state index in [9.17, 15) is 0 Å². The van der Waals surface area contributed by atoms with Crippen LogP contribution in [0.1, 0.15) is 11.7 Å². The number of nitrogens with zero attached hydrogens (tertiary/aromatic N) is 6. The first-order valence-corrected chi connectivity index (χ1v) is 5.75. The Morgan fingerprint density at radius 2 is 1.35 bits per heavy atom. The first-order chi connectivity index (χ1) is 9.83. The first-order valence-electron chi connectivity index (χ1n) is 5.75. The number of rotatable bonds is 5. The molecule has 0 amide bonds. The number of hydrogen-bond donors (Lipinski definition) is 0. The van der Waals surface area contributed by atoms with Crippen LogP contribution in [0.5, 0.6) is 11.5 Å². The van der Waals surface area contributed by atoms with E-state index >= 15 is 0 Å². The summed E-state index contributed by atoms with van der Waals surface area (Å²) < 4.78 is 5.63. The van der Waals surface area contributed by atoms with E-state index in [0.717, 1.165) is 5.75 Å². The maximum atomic E-state index is 8.42. The Morgan fingerprint density at radius 1 is 0.800 bits per heavy atom. The Morgan fingerprint density at radius 3 is 1.90 bits per heavy atom. The molecule has 0 spiro atoms. The molecule has 0 aliphatic carbocycles. The number of ether oxygens (including phenoxy) is 1. The van der Waals surface area contributed by atoms with E-state index in [1.807, 2.05) is 30.3 Å². The van der Waals surface area contributed by atoms with Gasteiger partial charge in [-0.05, 0) is 40.9 Å². The van der Waals surface area contributed by atoms with Crippen LogP contribution >= 0.6 is 0 Å². The molecule has 0 N–H and O–H groups in total. The molecular weight excluding hydrogens is 256 g/mol. The molecular formula is C13H10N6O. The average molecular weight is 266 g/mol. The molecule has 2 aromatic carbocycles. The van der Waals surface area contributed by atoms with Gasteiger partial charge in [0, 0.05) is 9.82 Å². The molecule has 98 valence electrons. The van der Waals surface area contributed by atoms with E-state index in [0.29, 0.717) is 11.3 Å². The zero-order valence-corrected chi connectivity index (χ0v) is 10.4. The van der Waals surface area contributed by atoms with E-state index < -0.39 is 6.17 Å². The van der Waals surface area contributed by atoms with Crippen LogP contribution in [0.15, 0.2) is 64.8 Å². The predicted molar refractivity (Wildman–Crippen MR) is 74.0 cm³/mol. The van der Waals surface area contributed by atoms with Gasteiger partial charge in [0.1, 0.15) is 17.7 Å². The molecule has 0 aromatic heterocycles. The minimum Gasteiger partial charge on any atom is -0.457 e. The Bertz CT molecular complexity index is 639. The van der Waals surface area contributed by atoms with Crippen molar-refractivity contribution in [2.75, 3.05) is 0 Å². The van der Waals surface area contributed by atoms with E-state index in [1.54, 1.807) is 24.3 Å². The highest BCUT2D eigenvalue weighted by Crippen LogP contribution is 2.25. The van der Waals surface area contributed by atoms with Crippen molar-refractivity contribution in [1.29, 1.82) is 0 Å². The minimum absolute atomic E-state index is 0.598. The van der Waals surface area contributed by atoms with Crippen molar-refractivity contribution in [2.45, 2.75) is 6.17 Å². The third kappa shape index (κ3) is 3.43. The lowest BCUT2D eigenvalue weighted by molar-refractivity contribution is 0.482. The maximum Gasteiger partial charge on any atom is 0.141 e. The summed E-state index contributed by atoms with van der Waals surface area (Å²) in [7, 11) is 0. The molecule has 0 radical (unpaired) electrons. The van der Waals surface area contributed by atoms with Gasteiger partial charge in [-0.3, -0.25) is 0 Å². The lowest BCUT2D eigenvalue weighted by Gasteiger charge is -2.08. The first kappa shape index (κ1) is 13.3. The van der Waals surface area contributed by atoms with Crippen LogP contribution in [-0.4, -0.2) is 0 Å². The lowest BCUT2D eigenvalue weighted by atomic mass is 10.2. The van der Waals surface area contributed by atoms with Gasteiger partial charge in [-0.1, -0.05) is 40.6 Å². The Labute approximate surface area is 114 Å². The molecule has 7 nitrogen and oxygen atoms in total. The van der Waals surface area contributed by atoms with Crippen LogP contribution in [0.2, 0.25) is 0 Å². The van der Waals surface area contributed by atoms with Crippen molar-refractivity contribution in [1.82, 2.24) is 0 Å². The van der Waals surface area contributed by atoms with Crippen molar-refractivity contribution in [3.63, 3.8) is 0 Å². The van der Waals surface area contributed by atoms with Gasteiger partial charge in [0.15, 0.2) is 0 Å². The molecule has 0 unspecified atom stereocenters. The highest BCUT2D eigenvalue weighted by Gasteiger charge is 2.07. The summed E-state index contributed by atoms with van der Waals surface area (Å²) in [5, 5.41) is 6.83. The fourth-order valence-electron chi connectivity index (χ4n) is 1.59. The highest BCUT2D eigenvalue weighted by atomic mass is 16.5. The van der Waals surface area contributed by atoms with Gasteiger partial charge in [0.05, 0.1) is 0 Å². The SMILES string of the molecule is [N-]=[N+]=NC(N=[N+]=[N-])c1ccc(Oc2ccccc2)cc1. The Balaban J connectivity index is 2.17. The Hall–Kier alpha value is -3.14. The van der Waals surface area contributed by atoms with Crippen LogP contribution in [-0.2, 0) is 0 Å². The summed E-state index contributed by atoms with van der Waals surface area (Å²) in [4.78, 5) is 5.30. The van der Waals surface area contributed by atoms with Gasteiger partial charge in [-0.25, -0.2) is 0 Å². The molecule has 0 aliphatic heterocycles. The van der Waals surface area contributed by atoms with Crippen molar-refractivity contribution in [3.8, 4) is 11.5 Å². The fraction of sp³-hybridized carbons (Fsp3) is 0.0769. The molecule has 7 heteroatoms. The molecule has 0 atom stereocenters. The van der Waals surface area contributed by atoms with Crippen molar-refractivity contribution in [2.24, 2.45) is 10.2 Å². The van der Waals surface area contributed by atoms with Gasteiger partial charge in [-0.15, -0.1) is 0 Å². The van der Waals surface area contributed by atoms with Crippen LogP contribution in [0.25, 0.3) is 20.9 Å². The van der Waals surface area contributed by atoms with Gasteiger partial charge in [-0.2, -0.15) is 0 Å². The summed E-state index contributed by atoms with van der Waals surface area (Å²) in [5.41, 5.74) is 17.4. The standard InChI is InChI=1S/C13H10N6O/c14-18-16-13(17-19-15)10-6-8-12(9-7-10)20-11-4-2-1-3-5-11/h1-9,13H. The lowest BCUT2D eigenvalue weighted by Crippen LogP contribution is -1.90. The van der Waals surface area contributed by atoms with Gasteiger partial charge in [0.2, 0.25) is 0 Å². The second-order valence-electron chi connectivity index (χ2n) is 3.77. The van der Waals surface area contributed by atoms with Crippen molar-refractivity contribution < 1.29 is 4.74 Å². The second-order valence-corrected chi connectivity index (χ2v) is 3.77. The topological polar surface area (TPSA) is 107 Å². The van der Waals surface area contributed by atoms with Gasteiger partial charge < -0.3 is 4.74 Å². The molecule has 0 heterocycles. The number of hydrogen-bond acceptors (Lipinski definition) is 3. The maximum absolute atomic E-state index is 8.42. The number of benzene rings is 2. The molecule has 0 bridgehead atoms. The average Bonchev–Trinajstić information content (AvgIpc) is 2.49. The van der Waals surface area contributed by atoms with Crippen LogP contribution in [0, 0.1) is 0 Å². The van der Waals surface area contributed by atoms with Crippen LogP contribution in [0.4, 0.5) is 0 Å². The van der Waals surface area contributed by atoms with E-state index in [1.165, 1.54) is 0 Å². The molecule has 20 heavy (non-hydrogen) atoms. The molecule has 2 aromatic rings. The van der Waals surface area contributed by atoms with Crippen LogP contribution < -0.4 is 4.74 Å². The third-order valence-corrected chi connectivity index (χ3v) is 2.48. The predicted octanol–water partition coefficient (Wildman–Crippen LogP) is 5.10. The summed E-state index contributed by atoms with van der Waals surface area (Å²) in [6.07, 6.45) is -0.893. The molecule has 0 saturated heterocycles. The third-order valence-electron chi connectivity index (χ3n) is 2.48. The number of azide groups is 1. The normalized spacial score (nSPS) is 10.8. The second kappa shape index (κ2) is 6.70. The zero-order chi connectivity index (χ0) is 14.2. The molecule has 0 saturated carbocycles. The zero-order valence-electron chi connectivity index (χ0n) is 10.4. The summed E-state index contributed by atoms with van der Waals surface area (Å²) >= 11 is 0. The summed E-state index contributed by atoms with van der Waals surface area (Å²) in [5.74, 6) is 1.36. The Kier molecular flexibility index (Phi) is 4.46. The molecule has 2 rings (SSSR count). The summed E-state index contributed by atoms with van der Waals surface area (Å²) in [6.45, 7) is 0. The fourth-order valence-corrected chi connectivity index (χ4v) is 1.59. The van der Waals surface area contributed by atoms with Crippen LogP contribution in [0.3, 0.4) is 0 Å². The molecule has 0 aliphatic rings. The quantitative estimate of drug-likeness (QED) is 0.419. The van der Waals surface area contributed by atoms with Crippen molar-refractivity contribution >= 4 is 0 Å². The monoisotopic (exact) mass is 266 g/mol. The highest BCUT2D eigenvalue weighted by molar-refractivity contribution is 5.33. The molecule has 0 fully saturated rings. The van der Waals surface area contributed by atoms with Gasteiger partial charge in [0.25, 0.3) is 0 Å². The van der Waals surface area contributed by atoms with E-state index in [2.05, 4.69) is 20.1 Å².